The lowest BCUT2D eigenvalue weighted by atomic mass is 10.0. The summed E-state index contributed by atoms with van der Waals surface area (Å²) in [5.41, 5.74) is 1.01. The van der Waals surface area contributed by atoms with Gasteiger partial charge in [-0.05, 0) is 18.2 Å². The van der Waals surface area contributed by atoms with Gasteiger partial charge in [0.25, 0.3) is 0 Å². The highest BCUT2D eigenvalue weighted by molar-refractivity contribution is 6.09. The molecule has 4 heteroatoms. The van der Waals surface area contributed by atoms with Crippen molar-refractivity contribution < 1.29 is 19.1 Å². The molecule has 0 heterocycles. The monoisotopic (exact) mass is 270 g/mol. The Bertz CT molecular complexity index is 632. The largest absolute Gasteiger partial charge is 0.493 e. The number of benzene rings is 2. The minimum Gasteiger partial charge on any atom is -0.493 e. The molecule has 0 fully saturated rings. The van der Waals surface area contributed by atoms with E-state index in [0.717, 1.165) is 0 Å². The van der Waals surface area contributed by atoms with Crippen LogP contribution in [-0.4, -0.2) is 18.9 Å². The van der Waals surface area contributed by atoms with Crippen molar-refractivity contribution in [3.63, 3.8) is 0 Å². The van der Waals surface area contributed by atoms with Crippen molar-refractivity contribution in [2.24, 2.45) is 0 Å². The number of hydrogen-bond acceptors (Lipinski definition) is 4. The molecular weight excluding hydrogens is 256 g/mol. The Kier molecular flexibility index (Phi) is 4.15. The Hall–Kier alpha value is -2.62. The Morgan fingerprint density at radius 1 is 0.900 bits per heavy atom. The first-order valence-corrected chi connectivity index (χ1v) is 6.08. The second kappa shape index (κ2) is 6.02. The summed E-state index contributed by atoms with van der Waals surface area (Å²) >= 11 is 0. The van der Waals surface area contributed by atoms with Gasteiger partial charge >= 0.3 is 5.97 Å². The minimum atomic E-state index is -0.465. The number of carbonyl (C=O) groups excluding carboxylic acids is 2. The third-order valence-corrected chi connectivity index (χ3v) is 2.72. The minimum absolute atomic E-state index is 0.137. The van der Waals surface area contributed by atoms with Crippen molar-refractivity contribution in [2.45, 2.75) is 6.92 Å². The molecule has 102 valence electrons. The first kappa shape index (κ1) is 13.8. The number of methoxy groups -OCH3 is 1. The molecular formula is C16H14O4. The predicted octanol–water partition coefficient (Wildman–Crippen LogP) is 2.85. The second-order valence-electron chi connectivity index (χ2n) is 4.15. The maximum absolute atomic E-state index is 12.3. The average Bonchev–Trinajstić information content (AvgIpc) is 2.46. The Morgan fingerprint density at radius 3 is 2.20 bits per heavy atom. The zero-order chi connectivity index (χ0) is 14.5. The quantitative estimate of drug-likeness (QED) is 0.487. The molecule has 0 atom stereocenters. The smallest absolute Gasteiger partial charge is 0.308 e. The average molecular weight is 270 g/mol. The number of carbonyl (C=O) groups is 2. The zero-order valence-corrected chi connectivity index (χ0v) is 11.3. The van der Waals surface area contributed by atoms with E-state index in [0.29, 0.717) is 16.9 Å². The van der Waals surface area contributed by atoms with E-state index >= 15 is 0 Å². The van der Waals surface area contributed by atoms with Crippen molar-refractivity contribution in [1.29, 1.82) is 0 Å². The van der Waals surface area contributed by atoms with Crippen LogP contribution in [0.25, 0.3) is 0 Å². The van der Waals surface area contributed by atoms with Gasteiger partial charge in [0.15, 0.2) is 17.3 Å². The summed E-state index contributed by atoms with van der Waals surface area (Å²) in [4.78, 5) is 23.4. The van der Waals surface area contributed by atoms with Crippen LogP contribution in [0.1, 0.15) is 22.8 Å². The van der Waals surface area contributed by atoms with Gasteiger partial charge in [-0.1, -0.05) is 30.3 Å². The number of ketones is 1. The van der Waals surface area contributed by atoms with Crippen molar-refractivity contribution in [3.05, 3.63) is 59.7 Å². The summed E-state index contributed by atoms with van der Waals surface area (Å²) in [7, 11) is 1.47. The third-order valence-electron chi connectivity index (χ3n) is 2.72. The SMILES string of the molecule is COc1ccc(C(=O)c2ccccc2)cc1OC(C)=O. The van der Waals surface area contributed by atoms with Crippen molar-refractivity contribution in [3.8, 4) is 11.5 Å². The van der Waals surface area contributed by atoms with Gasteiger partial charge in [-0.3, -0.25) is 9.59 Å². The molecule has 0 aromatic heterocycles. The van der Waals surface area contributed by atoms with Crippen LogP contribution in [0.2, 0.25) is 0 Å². The van der Waals surface area contributed by atoms with E-state index < -0.39 is 5.97 Å². The molecule has 0 saturated heterocycles. The highest BCUT2D eigenvalue weighted by Crippen LogP contribution is 2.29. The molecule has 2 aromatic rings. The molecule has 2 rings (SSSR count). The molecule has 2 aromatic carbocycles. The number of hydrogen-bond donors (Lipinski definition) is 0. The fraction of sp³-hybridized carbons (Fsp3) is 0.125. The number of ether oxygens (including phenoxy) is 2. The van der Waals surface area contributed by atoms with Gasteiger partial charge in [0.1, 0.15) is 0 Å². The molecule has 0 N–H and O–H groups in total. The van der Waals surface area contributed by atoms with E-state index in [-0.39, 0.29) is 11.5 Å². The standard InChI is InChI=1S/C16H14O4/c1-11(17)20-15-10-13(8-9-14(15)19-2)16(18)12-6-4-3-5-7-12/h3-10H,1-2H3. The molecule has 0 radical (unpaired) electrons. The van der Waals surface area contributed by atoms with Crippen LogP contribution in [0.5, 0.6) is 11.5 Å². The topological polar surface area (TPSA) is 52.6 Å². The van der Waals surface area contributed by atoms with E-state index in [2.05, 4.69) is 0 Å². The molecule has 0 aliphatic carbocycles. The summed E-state index contributed by atoms with van der Waals surface area (Å²) in [5, 5.41) is 0. The Labute approximate surface area is 116 Å². The van der Waals surface area contributed by atoms with Gasteiger partial charge in [-0.2, -0.15) is 0 Å². The fourth-order valence-corrected chi connectivity index (χ4v) is 1.81. The highest BCUT2D eigenvalue weighted by Gasteiger charge is 2.13. The maximum atomic E-state index is 12.3. The number of esters is 1. The summed E-state index contributed by atoms with van der Waals surface area (Å²) in [6.45, 7) is 1.30. The Morgan fingerprint density at radius 2 is 1.60 bits per heavy atom. The first-order valence-electron chi connectivity index (χ1n) is 6.08. The summed E-state index contributed by atoms with van der Waals surface area (Å²) in [6, 6.07) is 13.7. The second-order valence-corrected chi connectivity index (χ2v) is 4.15. The maximum Gasteiger partial charge on any atom is 0.308 e. The molecule has 4 nitrogen and oxygen atoms in total. The van der Waals surface area contributed by atoms with Crippen molar-refractivity contribution in [1.82, 2.24) is 0 Å². The van der Waals surface area contributed by atoms with Gasteiger partial charge in [0, 0.05) is 18.1 Å². The normalized spacial score (nSPS) is 9.90. The van der Waals surface area contributed by atoms with Crippen LogP contribution in [0.15, 0.2) is 48.5 Å². The van der Waals surface area contributed by atoms with Gasteiger partial charge < -0.3 is 9.47 Å². The molecule has 0 saturated carbocycles. The van der Waals surface area contributed by atoms with Crippen LogP contribution in [0.3, 0.4) is 0 Å². The van der Waals surface area contributed by atoms with E-state index in [4.69, 9.17) is 9.47 Å². The summed E-state index contributed by atoms with van der Waals surface area (Å²) in [5.74, 6) is 0.0425. The molecule has 20 heavy (non-hydrogen) atoms. The summed E-state index contributed by atoms with van der Waals surface area (Å²) in [6.07, 6.45) is 0. The molecule has 0 amide bonds. The van der Waals surface area contributed by atoms with Gasteiger partial charge in [0.05, 0.1) is 7.11 Å². The molecule has 0 unspecified atom stereocenters. The lowest BCUT2D eigenvalue weighted by molar-refractivity contribution is -0.132. The van der Waals surface area contributed by atoms with Crippen LogP contribution >= 0.6 is 0 Å². The van der Waals surface area contributed by atoms with E-state index in [9.17, 15) is 9.59 Å². The molecule has 0 spiro atoms. The predicted molar refractivity (Wildman–Crippen MR) is 74.2 cm³/mol. The summed E-state index contributed by atoms with van der Waals surface area (Å²) < 4.78 is 10.1. The zero-order valence-electron chi connectivity index (χ0n) is 11.3. The number of rotatable bonds is 4. The van der Waals surface area contributed by atoms with E-state index in [1.165, 1.54) is 20.1 Å². The first-order chi connectivity index (χ1) is 9.61. The van der Waals surface area contributed by atoms with Gasteiger partial charge in [0.2, 0.25) is 0 Å². The van der Waals surface area contributed by atoms with E-state index in [1.54, 1.807) is 36.4 Å². The molecule has 0 bridgehead atoms. The highest BCUT2D eigenvalue weighted by atomic mass is 16.6. The van der Waals surface area contributed by atoms with Crippen LogP contribution in [0.4, 0.5) is 0 Å². The van der Waals surface area contributed by atoms with Gasteiger partial charge in [-0.25, -0.2) is 0 Å². The lowest BCUT2D eigenvalue weighted by Gasteiger charge is -2.09. The fourth-order valence-electron chi connectivity index (χ4n) is 1.81. The van der Waals surface area contributed by atoms with E-state index in [1.807, 2.05) is 6.07 Å². The van der Waals surface area contributed by atoms with Crippen LogP contribution in [-0.2, 0) is 4.79 Å². The van der Waals surface area contributed by atoms with Crippen LogP contribution in [0, 0.1) is 0 Å². The van der Waals surface area contributed by atoms with Crippen molar-refractivity contribution in [2.75, 3.05) is 7.11 Å². The molecule has 0 aliphatic rings. The van der Waals surface area contributed by atoms with Crippen molar-refractivity contribution >= 4 is 11.8 Å². The molecule has 0 aliphatic heterocycles. The Balaban J connectivity index is 2.38. The van der Waals surface area contributed by atoms with Crippen LogP contribution < -0.4 is 9.47 Å². The lowest BCUT2D eigenvalue weighted by Crippen LogP contribution is -2.06. The third kappa shape index (κ3) is 3.03. The van der Waals surface area contributed by atoms with Gasteiger partial charge in [-0.15, -0.1) is 0 Å².